The van der Waals surface area contributed by atoms with Crippen LogP contribution >= 0.6 is 11.8 Å². The van der Waals surface area contributed by atoms with E-state index in [0.29, 0.717) is 6.41 Å². The third-order valence-electron chi connectivity index (χ3n) is 5.63. The molecule has 2 unspecified atom stereocenters. The summed E-state index contributed by atoms with van der Waals surface area (Å²) >= 11 is 2.04. The number of benzene rings is 2. The normalized spacial score (nSPS) is 25.7. The average molecular weight is 353 g/mol. The summed E-state index contributed by atoms with van der Waals surface area (Å²) in [5, 5.41) is 3.46. The molecule has 3 nitrogen and oxygen atoms in total. The predicted octanol–water partition coefficient (Wildman–Crippen LogP) is 4.64. The topological polar surface area (TPSA) is 32.3 Å². The molecule has 2 heterocycles. The van der Waals surface area contributed by atoms with E-state index in [4.69, 9.17) is 0 Å². The second-order valence-corrected chi connectivity index (χ2v) is 8.50. The molecule has 130 valence electrons. The lowest BCUT2D eigenvalue weighted by Crippen LogP contribution is -2.40. The van der Waals surface area contributed by atoms with Crippen LogP contribution in [0.1, 0.15) is 25.7 Å². The Morgan fingerprint density at radius 2 is 1.76 bits per heavy atom. The summed E-state index contributed by atoms with van der Waals surface area (Å²) in [7, 11) is 2.30. The maximum Gasteiger partial charge on any atom is 0.211 e. The quantitative estimate of drug-likeness (QED) is 0.796. The van der Waals surface area contributed by atoms with Gasteiger partial charge in [-0.15, -0.1) is 11.8 Å². The minimum Gasteiger partial charge on any atom is -0.329 e. The van der Waals surface area contributed by atoms with Gasteiger partial charge in [-0.1, -0.05) is 24.3 Å². The van der Waals surface area contributed by atoms with Crippen molar-refractivity contribution in [1.29, 1.82) is 0 Å². The van der Waals surface area contributed by atoms with E-state index in [1.807, 2.05) is 30.0 Å². The van der Waals surface area contributed by atoms with E-state index in [0.717, 1.165) is 28.6 Å². The molecular formula is C21H24N2OS. The third kappa shape index (κ3) is 3.60. The molecule has 2 aliphatic rings. The van der Waals surface area contributed by atoms with Crippen molar-refractivity contribution in [3.05, 3.63) is 48.5 Å². The molecular weight excluding hydrogens is 328 g/mol. The highest BCUT2D eigenvalue weighted by Crippen LogP contribution is 2.41. The zero-order chi connectivity index (χ0) is 17.2. The molecule has 4 heteroatoms. The second-order valence-electron chi connectivity index (χ2n) is 7.13. The Labute approximate surface area is 153 Å². The van der Waals surface area contributed by atoms with E-state index in [2.05, 4.69) is 47.6 Å². The van der Waals surface area contributed by atoms with Gasteiger partial charge in [0, 0.05) is 27.9 Å². The highest BCUT2D eigenvalue weighted by molar-refractivity contribution is 8.00. The molecule has 0 aliphatic carbocycles. The van der Waals surface area contributed by atoms with E-state index < -0.39 is 0 Å². The van der Waals surface area contributed by atoms with Gasteiger partial charge in [0.1, 0.15) is 0 Å². The third-order valence-corrected chi connectivity index (χ3v) is 6.90. The molecule has 1 N–H and O–H groups in total. The fourth-order valence-corrected chi connectivity index (χ4v) is 5.55. The molecule has 0 saturated carbocycles. The van der Waals surface area contributed by atoms with Crippen LogP contribution in [0.4, 0.5) is 5.69 Å². The van der Waals surface area contributed by atoms with Gasteiger partial charge in [-0.2, -0.15) is 0 Å². The van der Waals surface area contributed by atoms with Crippen molar-refractivity contribution in [2.75, 3.05) is 12.4 Å². The van der Waals surface area contributed by atoms with Gasteiger partial charge >= 0.3 is 0 Å². The van der Waals surface area contributed by atoms with Crippen molar-refractivity contribution < 1.29 is 4.79 Å². The Bertz CT molecular complexity index is 732. The molecule has 4 rings (SSSR count). The number of amides is 1. The largest absolute Gasteiger partial charge is 0.329 e. The summed E-state index contributed by atoms with van der Waals surface area (Å²) in [6, 6.07) is 18.4. The van der Waals surface area contributed by atoms with Gasteiger partial charge in [0.25, 0.3) is 0 Å². The maximum atomic E-state index is 10.6. The first kappa shape index (κ1) is 16.7. The van der Waals surface area contributed by atoms with Gasteiger partial charge in [0.2, 0.25) is 6.41 Å². The smallest absolute Gasteiger partial charge is 0.211 e. The number of carbonyl (C=O) groups excluding carboxylic acids is 1. The summed E-state index contributed by atoms with van der Waals surface area (Å²) in [4.78, 5) is 14.6. The monoisotopic (exact) mass is 352 g/mol. The van der Waals surface area contributed by atoms with Crippen molar-refractivity contribution in [1.82, 2.24) is 4.90 Å². The SMILES string of the molecule is CN1C2CCC1CC(Sc1ccc(-c3cccc(NC=O)c3)cc1)C2. The van der Waals surface area contributed by atoms with Gasteiger partial charge in [-0.3, -0.25) is 4.79 Å². The van der Waals surface area contributed by atoms with Gasteiger partial charge in [-0.25, -0.2) is 0 Å². The number of nitrogens with one attached hydrogen (secondary N) is 1. The molecule has 2 aliphatic heterocycles. The van der Waals surface area contributed by atoms with Gasteiger partial charge in [-0.05, 0) is 68.1 Å². The number of rotatable bonds is 5. The Morgan fingerprint density at radius 1 is 1.04 bits per heavy atom. The Kier molecular flexibility index (Phi) is 4.82. The van der Waals surface area contributed by atoms with Crippen LogP contribution in [0, 0.1) is 0 Å². The number of fused-ring (bicyclic) bond motifs is 2. The van der Waals surface area contributed by atoms with Crippen LogP contribution in [-0.2, 0) is 4.79 Å². The van der Waals surface area contributed by atoms with Gasteiger partial charge in [0.05, 0.1) is 0 Å². The summed E-state index contributed by atoms with van der Waals surface area (Å²) < 4.78 is 0. The highest BCUT2D eigenvalue weighted by Gasteiger charge is 2.38. The Balaban J connectivity index is 1.44. The first-order valence-corrected chi connectivity index (χ1v) is 9.90. The zero-order valence-electron chi connectivity index (χ0n) is 14.5. The minimum absolute atomic E-state index is 0.716. The number of piperidine rings is 1. The van der Waals surface area contributed by atoms with Crippen molar-refractivity contribution in [2.45, 2.75) is 47.9 Å². The maximum absolute atomic E-state index is 10.6. The summed E-state index contributed by atoms with van der Waals surface area (Å²) in [6.45, 7) is 0. The van der Waals surface area contributed by atoms with Crippen LogP contribution in [0.2, 0.25) is 0 Å². The molecule has 2 aromatic carbocycles. The zero-order valence-corrected chi connectivity index (χ0v) is 15.3. The van der Waals surface area contributed by atoms with Gasteiger partial charge in [0.15, 0.2) is 0 Å². The number of hydrogen-bond donors (Lipinski definition) is 1. The number of thioether (sulfide) groups is 1. The minimum atomic E-state index is 0.716. The Hall–Kier alpha value is -1.78. The molecule has 2 bridgehead atoms. The van der Waals surface area contributed by atoms with Crippen LogP contribution in [0.5, 0.6) is 0 Å². The second kappa shape index (κ2) is 7.22. The molecule has 0 radical (unpaired) electrons. The van der Waals surface area contributed by atoms with Crippen molar-refractivity contribution in [3.63, 3.8) is 0 Å². The van der Waals surface area contributed by atoms with Crippen LogP contribution < -0.4 is 5.32 Å². The van der Waals surface area contributed by atoms with Crippen LogP contribution in [-0.4, -0.2) is 35.7 Å². The van der Waals surface area contributed by atoms with Crippen LogP contribution in [0.15, 0.2) is 53.4 Å². The van der Waals surface area contributed by atoms with E-state index in [1.54, 1.807) is 0 Å². The van der Waals surface area contributed by atoms with E-state index >= 15 is 0 Å². The first-order chi connectivity index (χ1) is 12.2. The first-order valence-electron chi connectivity index (χ1n) is 9.02. The molecule has 2 atom stereocenters. The summed E-state index contributed by atoms with van der Waals surface area (Å²) in [5.74, 6) is 0. The summed E-state index contributed by atoms with van der Waals surface area (Å²) in [6.07, 6.45) is 6.11. The lowest BCUT2D eigenvalue weighted by atomic mass is 10.0. The molecule has 1 amide bonds. The fourth-order valence-electron chi connectivity index (χ4n) is 4.23. The van der Waals surface area contributed by atoms with Crippen LogP contribution in [0.3, 0.4) is 0 Å². The fraction of sp³-hybridized carbons (Fsp3) is 0.381. The number of carbonyl (C=O) groups is 1. The van der Waals surface area contributed by atoms with E-state index in [9.17, 15) is 4.79 Å². The number of nitrogens with zero attached hydrogens (tertiary/aromatic N) is 1. The molecule has 2 fully saturated rings. The Morgan fingerprint density at radius 3 is 2.44 bits per heavy atom. The molecule has 25 heavy (non-hydrogen) atoms. The van der Waals surface area contributed by atoms with Crippen molar-refractivity contribution in [2.24, 2.45) is 0 Å². The highest BCUT2D eigenvalue weighted by atomic mass is 32.2. The molecule has 0 spiro atoms. The lowest BCUT2D eigenvalue weighted by Gasteiger charge is -2.36. The number of anilines is 1. The van der Waals surface area contributed by atoms with Crippen molar-refractivity contribution in [3.8, 4) is 11.1 Å². The molecule has 2 aromatic rings. The lowest BCUT2D eigenvalue weighted by molar-refractivity contribution is -0.105. The number of hydrogen-bond acceptors (Lipinski definition) is 3. The van der Waals surface area contributed by atoms with Gasteiger partial charge < -0.3 is 10.2 Å². The molecule has 0 aromatic heterocycles. The average Bonchev–Trinajstić information content (AvgIpc) is 2.84. The van der Waals surface area contributed by atoms with E-state index in [-0.39, 0.29) is 0 Å². The van der Waals surface area contributed by atoms with Crippen molar-refractivity contribution >= 4 is 23.9 Å². The summed E-state index contributed by atoms with van der Waals surface area (Å²) in [5.41, 5.74) is 3.14. The standard InChI is InChI=1S/C21H24N2OS/c1-23-18-7-8-19(23)13-21(12-18)25-20-9-5-15(6-10-20)16-3-2-4-17(11-16)22-14-24/h2-6,9-11,14,18-19,21H,7-8,12-13H2,1H3,(H,22,24). The van der Waals surface area contributed by atoms with Crippen LogP contribution in [0.25, 0.3) is 11.1 Å². The predicted molar refractivity (Wildman–Crippen MR) is 105 cm³/mol. The van der Waals surface area contributed by atoms with E-state index in [1.165, 1.54) is 36.1 Å². The molecule has 2 saturated heterocycles.